The average Bonchev–Trinajstić information content (AvgIpc) is 2.72. The van der Waals surface area contributed by atoms with E-state index in [1.54, 1.807) is 44.7 Å². The number of aromatic nitrogens is 1. The molecule has 0 aliphatic carbocycles. The van der Waals surface area contributed by atoms with Crippen LogP contribution in [0.5, 0.6) is 17.2 Å². The first-order valence-corrected chi connectivity index (χ1v) is 8.83. The molecule has 1 amide bonds. The van der Waals surface area contributed by atoms with E-state index < -0.39 is 0 Å². The van der Waals surface area contributed by atoms with E-state index >= 15 is 0 Å². The molecule has 2 aromatic carbocycles. The highest BCUT2D eigenvalue weighted by atomic mass is 16.5. The van der Waals surface area contributed by atoms with Crippen molar-refractivity contribution in [2.24, 2.45) is 0 Å². The molecule has 3 rings (SSSR count). The van der Waals surface area contributed by atoms with E-state index in [9.17, 15) is 9.59 Å². The second-order valence-corrected chi connectivity index (χ2v) is 6.10. The van der Waals surface area contributed by atoms with Gasteiger partial charge in [-0.05, 0) is 42.3 Å². The lowest BCUT2D eigenvalue weighted by Crippen LogP contribution is -2.30. The summed E-state index contributed by atoms with van der Waals surface area (Å²) >= 11 is 0. The van der Waals surface area contributed by atoms with Crippen LogP contribution in [0.2, 0.25) is 0 Å². The lowest BCUT2D eigenvalue weighted by Gasteiger charge is -2.11. The second kappa shape index (κ2) is 8.94. The van der Waals surface area contributed by atoms with E-state index in [4.69, 9.17) is 14.2 Å². The Morgan fingerprint density at radius 2 is 1.82 bits per heavy atom. The van der Waals surface area contributed by atoms with Crippen LogP contribution in [0, 0.1) is 0 Å². The summed E-state index contributed by atoms with van der Waals surface area (Å²) in [4.78, 5) is 26.5. The number of benzene rings is 2. The third-order valence-corrected chi connectivity index (χ3v) is 4.32. The third-order valence-electron chi connectivity index (χ3n) is 4.32. The van der Waals surface area contributed by atoms with E-state index in [-0.39, 0.29) is 18.1 Å². The van der Waals surface area contributed by atoms with E-state index in [1.807, 2.05) is 18.2 Å². The van der Waals surface area contributed by atoms with Crippen molar-refractivity contribution >= 4 is 16.7 Å². The number of fused-ring (bicyclic) bond motifs is 1. The van der Waals surface area contributed by atoms with Crippen molar-refractivity contribution in [3.05, 3.63) is 64.6 Å². The van der Waals surface area contributed by atoms with Crippen LogP contribution in [0.15, 0.2) is 53.5 Å². The lowest BCUT2D eigenvalue weighted by atomic mass is 10.1. The minimum absolute atomic E-state index is 0.127. The Kier molecular flexibility index (Phi) is 6.16. The van der Waals surface area contributed by atoms with Gasteiger partial charge in [-0.15, -0.1) is 0 Å². The number of amides is 1. The number of pyridine rings is 1. The number of nitrogens with one attached hydrogen (secondary N) is 2. The summed E-state index contributed by atoms with van der Waals surface area (Å²) in [5.41, 5.74) is 0.828. The highest BCUT2D eigenvalue weighted by Crippen LogP contribution is 2.27. The second-order valence-electron chi connectivity index (χ2n) is 6.10. The molecule has 1 aromatic heterocycles. The summed E-state index contributed by atoms with van der Waals surface area (Å²) in [6.07, 6.45) is 2.20. The van der Waals surface area contributed by atoms with E-state index in [1.165, 1.54) is 0 Å². The zero-order valence-corrected chi connectivity index (χ0v) is 15.8. The average molecular weight is 382 g/mol. The van der Waals surface area contributed by atoms with Crippen molar-refractivity contribution in [2.75, 3.05) is 27.4 Å². The molecular formula is C21H22N2O5. The third kappa shape index (κ3) is 4.43. The molecule has 0 aliphatic heterocycles. The molecule has 0 saturated carbocycles. The van der Waals surface area contributed by atoms with Gasteiger partial charge < -0.3 is 24.5 Å². The first kappa shape index (κ1) is 19.3. The number of hydrogen-bond donors (Lipinski definition) is 2. The number of methoxy groups -OCH3 is 2. The standard InChI is InChI=1S/C21H22N2O5/c1-26-18-7-6-14(12-19(18)27-2)8-10-22-20(24)13-28-17-5-3-4-16-15(17)9-11-23-21(16)25/h3-7,9,11-12H,8,10,13H2,1-2H3,(H,22,24)(H,23,25). The predicted molar refractivity (Wildman–Crippen MR) is 106 cm³/mol. The fourth-order valence-electron chi connectivity index (χ4n) is 2.89. The summed E-state index contributed by atoms with van der Waals surface area (Å²) in [6.45, 7) is 0.338. The first-order chi connectivity index (χ1) is 13.6. The monoisotopic (exact) mass is 382 g/mol. The van der Waals surface area contributed by atoms with Crippen LogP contribution in [0.4, 0.5) is 0 Å². The van der Waals surface area contributed by atoms with E-state index in [0.29, 0.717) is 41.0 Å². The molecule has 7 heteroatoms. The summed E-state index contributed by atoms with van der Waals surface area (Å²) in [6, 6.07) is 12.6. The summed E-state index contributed by atoms with van der Waals surface area (Å²) in [5.74, 6) is 1.58. The number of ether oxygens (including phenoxy) is 3. The van der Waals surface area contributed by atoms with Gasteiger partial charge in [0.25, 0.3) is 11.5 Å². The van der Waals surface area contributed by atoms with Crippen molar-refractivity contribution < 1.29 is 19.0 Å². The Morgan fingerprint density at radius 3 is 2.61 bits per heavy atom. The lowest BCUT2D eigenvalue weighted by molar-refractivity contribution is -0.123. The zero-order valence-electron chi connectivity index (χ0n) is 15.8. The van der Waals surface area contributed by atoms with E-state index in [0.717, 1.165) is 5.56 Å². The molecule has 3 aromatic rings. The number of aromatic amines is 1. The normalized spacial score (nSPS) is 10.5. The van der Waals surface area contributed by atoms with Gasteiger partial charge in [-0.1, -0.05) is 12.1 Å². The van der Waals surface area contributed by atoms with Gasteiger partial charge in [0.15, 0.2) is 18.1 Å². The van der Waals surface area contributed by atoms with E-state index in [2.05, 4.69) is 10.3 Å². The Balaban J connectivity index is 1.53. The SMILES string of the molecule is COc1ccc(CCNC(=O)COc2cccc3c(=O)[nH]ccc23)cc1OC. The number of carbonyl (C=O) groups excluding carboxylic acids is 1. The summed E-state index contributed by atoms with van der Waals surface area (Å²) in [5, 5.41) is 4.02. The molecule has 0 bridgehead atoms. The topological polar surface area (TPSA) is 89.6 Å². The summed E-state index contributed by atoms with van der Waals surface area (Å²) in [7, 11) is 3.17. The van der Waals surface area contributed by atoms with Gasteiger partial charge in [0, 0.05) is 18.1 Å². The quantitative estimate of drug-likeness (QED) is 0.624. The highest BCUT2D eigenvalue weighted by molar-refractivity contribution is 5.87. The summed E-state index contributed by atoms with van der Waals surface area (Å²) < 4.78 is 16.1. The number of carbonyl (C=O) groups is 1. The fourth-order valence-corrected chi connectivity index (χ4v) is 2.89. The Hall–Kier alpha value is -3.48. The van der Waals surface area contributed by atoms with Gasteiger partial charge in [0.1, 0.15) is 5.75 Å². The number of H-pyrrole nitrogens is 1. The highest BCUT2D eigenvalue weighted by Gasteiger charge is 2.08. The number of rotatable bonds is 8. The molecule has 0 spiro atoms. The molecular weight excluding hydrogens is 360 g/mol. The predicted octanol–water partition coefficient (Wildman–Crippen LogP) is 2.28. The molecule has 0 radical (unpaired) electrons. The fraction of sp³-hybridized carbons (Fsp3) is 0.238. The molecule has 0 aliphatic rings. The largest absolute Gasteiger partial charge is 0.493 e. The maximum absolute atomic E-state index is 12.1. The van der Waals surface area contributed by atoms with Crippen LogP contribution in [0.1, 0.15) is 5.56 Å². The number of hydrogen-bond acceptors (Lipinski definition) is 5. The molecule has 0 unspecified atom stereocenters. The maximum atomic E-state index is 12.1. The Morgan fingerprint density at radius 1 is 1.00 bits per heavy atom. The van der Waals surface area contributed by atoms with Gasteiger partial charge in [-0.2, -0.15) is 0 Å². The van der Waals surface area contributed by atoms with Gasteiger partial charge in [-0.25, -0.2) is 0 Å². The smallest absolute Gasteiger partial charge is 0.257 e. The van der Waals surface area contributed by atoms with Crippen LogP contribution in [0.25, 0.3) is 10.8 Å². The van der Waals surface area contributed by atoms with Crippen LogP contribution in [0.3, 0.4) is 0 Å². The molecule has 1 heterocycles. The van der Waals surface area contributed by atoms with Crippen LogP contribution in [-0.2, 0) is 11.2 Å². The molecule has 7 nitrogen and oxygen atoms in total. The molecule has 0 atom stereocenters. The Bertz CT molecular complexity index is 1030. The van der Waals surface area contributed by atoms with Crippen molar-refractivity contribution in [1.29, 1.82) is 0 Å². The minimum Gasteiger partial charge on any atom is -0.493 e. The van der Waals surface area contributed by atoms with Crippen LogP contribution < -0.4 is 25.1 Å². The van der Waals surface area contributed by atoms with Gasteiger partial charge in [-0.3, -0.25) is 9.59 Å². The Labute approximate surface area is 162 Å². The molecule has 146 valence electrons. The van der Waals surface area contributed by atoms with Gasteiger partial charge >= 0.3 is 0 Å². The van der Waals surface area contributed by atoms with Crippen LogP contribution >= 0.6 is 0 Å². The van der Waals surface area contributed by atoms with Crippen molar-refractivity contribution in [3.8, 4) is 17.2 Å². The maximum Gasteiger partial charge on any atom is 0.257 e. The van der Waals surface area contributed by atoms with Crippen molar-refractivity contribution in [2.45, 2.75) is 6.42 Å². The van der Waals surface area contributed by atoms with Crippen molar-refractivity contribution in [1.82, 2.24) is 10.3 Å². The molecule has 0 fully saturated rings. The minimum atomic E-state index is -0.234. The van der Waals surface area contributed by atoms with Gasteiger partial charge in [0.05, 0.1) is 19.6 Å². The van der Waals surface area contributed by atoms with Gasteiger partial charge in [0.2, 0.25) is 0 Å². The zero-order chi connectivity index (χ0) is 19.9. The van der Waals surface area contributed by atoms with Crippen molar-refractivity contribution in [3.63, 3.8) is 0 Å². The van der Waals surface area contributed by atoms with Crippen LogP contribution in [-0.4, -0.2) is 38.3 Å². The first-order valence-electron chi connectivity index (χ1n) is 8.83. The molecule has 28 heavy (non-hydrogen) atoms. The molecule has 0 saturated heterocycles. The molecule has 2 N–H and O–H groups in total.